The Morgan fingerprint density at radius 2 is 1.76 bits per heavy atom. The smallest absolute Gasteiger partial charge is 0.263 e. The van der Waals surface area contributed by atoms with Crippen molar-refractivity contribution in [2.45, 2.75) is 32.1 Å². The van der Waals surface area contributed by atoms with Crippen molar-refractivity contribution in [1.29, 1.82) is 0 Å². The highest BCUT2D eigenvalue weighted by atomic mass is 32.2. The minimum absolute atomic E-state index is 0.0153. The van der Waals surface area contributed by atoms with Gasteiger partial charge in [-0.1, -0.05) is 37.8 Å². The molecule has 1 fully saturated rings. The average Bonchev–Trinajstić information content (AvgIpc) is 3.38. The second-order valence-corrected chi connectivity index (χ2v) is 9.80. The van der Waals surface area contributed by atoms with Gasteiger partial charge >= 0.3 is 0 Å². The topological polar surface area (TPSA) is 125 Å². The first-order valence-corrected chi connectivity index (χ1v) is 12.7. The van der Waals surface area contributed by atoms with E-state index < -0.39 is 10.0 Å². The molecule has 10 nitrogen and oxygen atoms in total. The van der Waals surface area contributed by atoms with Crippen molar-refractivity contribution in [3.8, 4) is 34.6 Å². The summed E-state index contributed by atoms with van der Waals surface area (Å²) in [5.74, 6) is 1.37. The molecule has 0 atom stereocenters. The molecular weight excluding hydrogens is 458 g/mol. The predicted octanol–water partition coefficient (Wildman–Crippen LogP) is 4.07. The summed E-state index contributed by atoms with van der Waals surface area (Å²) >= 11 is 0. The molecule has 180 valence electrons. The normalized spacial score (nSPS) is 14.1. The van der Waals surface area contributed by atoms with E-state index in [1.165, 1.54) is 20.4 Å². The van der Waals surface area contributed by atoms with Crippen LogP contribution in [0.15, 0.2) is 42.6 Å². The lowest BCUT2D eigenvalue weighted by Crippen LogP contribution is -2.20. The monoisotopic (exact) mass is 485 g/mol. The highest BCUT2D eigenvalue weighted by Crippen LogP contribution is 2.41. The van der Waals surface area contributed by atoms with Crippen LogP contribution in [0, 0.1) is 5.92 Å². The van der Waals surface area contributed by atoms with Gasteiger partial charge in [0.15, 0.2) is 23.1 Å². The van der Waals surface area contributed by atoms with Gasteiger partial charge in [-0.2, -0.15) is 10.1 Å². The van der Waals surface area contributed by atoms with Crippen LogP contribution in [0.5, 0.6) is 23.1 Å². The number of hydrogen-bond acceptors (Lipinski definition) is 9. The van der Waals surface area contributed by atoms with Crippen LogP contribution in [0.2, 0.25) is 0 Å². The van der Waals surface area contributed by atoms with E-state index in [9.17, 15) is 8.42 Å². The molecule has 1 N–H and O–H groups in total. The van der Waals surface area contributed by atoms with Crippen molar-refractivity contribution in [1.82, 2.24) is 20.2 Å². The Morgan fingerprint density at radius 3 is 2.44 bits per heavy atom. The van der Waals surface area contributed by atoms with Crippen LogP contribution < -0.4 is 18.9 Å². The van der Waals surface area contributed by atoms with Crippen molar-refractivity contribution in [3.05, 3.63) is 42.6 Å². The van der Waals surface area contributed by atoms with Crippen LogP contribution in [-0.2, 0) is 10.0 Å². The molecule has 11 heteroatoms. The van der Waals surface area contributed by atoms with Gasteiger partial charge in [-0.25, -0.2) is 13.4 Å². The Bertz CT molecular complexity index is 1220. The Balaban J connectivity index is 1.72. The van der Waals surface area contributed by atoms with Gasteiger partial charge in [0.1, 0.15) is 5.69 Å². The van der Waals surface area contributed by atoms with Crippen molar-refractivity contribution in [2.24, 2.45) is 5.92 Å². The number of para-hydroxylation sites is 2. The molecule has 2 aromatic heterocycles. The van der Waals surface area contributed by atoms with Gasteiger partial charge < -0.3 is 14.2 Å². The van der Waals surface area contributed by atoms with E-state index in [1.807, 2.05) is 0 Å². The third-order valence-corrected chi connectivity index (χ3v) is 6.91. The number of methoxy groups -OCH3 is 2. The van der Waals surface area contributed by atoms with Crippen LogP contribution in [0.3, 0.4) is 0 Å². The van der Waals surface area contributed by atoms with Gasteiger partial charge in [-0.3, -0.25) is 4.72 Å². The zero-order chi connectivity index (χ0) is 24.0. The van der Waals surface area contributed by atoms with Gasteiger partial charge in [0.25, 0.3) is 5.88 Å². The second kappa shape index (κ2) is 10.6. The Morgan fingerprint density at radius 1 is 1.00 bits per heavy atom. The molecule has 0 aliphatic heterocycles. The minimum atomic E-state index is -3.72. The SMILES string of the molecule is COc1ccccc1Oc1c(NS(=O)(=O)CCC2CCCC2)nc(-c2cccnn2)nc1OC. The molecule has 2 heterocycles. The van der Waals surface area contributed by atoms with Crippen molar-refractivity contribution in [2.75, 3.05) is 24.7 Å². The molecule has 1 saturated carbocycles. The number of nitrogens with one attached hydrogen (secondary N) is 1. The summed E-state index contributed by atoms with van der Waals surface area (Å²) in [6.07, 6.45) is 6.55. The van der Waals surface area contributed by atoms with Crippen LogP contribution in [0.1, 0.15) is 32.1 Å². The summed E-state index contributed by atoms with van der Waals surface area (Å²) < 4.78 is 45.4. The van der Waals surface area contributed by atoms with E-state index in [1.54, 1.807) is 36.4 Å². The molecule has 0 bridgehead atoms. The molecule has 0 amide bonds. The number of anilines is 1. The highest BCUT2D eigenvalue weighted by Gasteiger charge is 2.25. The maximum atomic E-state index is 13.0. The number of benzene rings is 1. The van der Waals surface area contributed by atoms with Gasteiger partial charge in [0.2, 0.25) is 15.8 Å². The van der Waals surface area contributed by atoms with Gasteiger partial charge in [0, 0.05) is 6.20 Å². The third kappa shape index (κ3) is 5.71. The maximum Gasteiger partial charge on any atom is 0.263 e. The quantitative estimate of drug-likeness (QED) is 0.452. The third-order valence-electron chi connectivity index (χ3n) is 5.63. The fourth-order valence-electron chi connectivity index (χ4n) is 3.90. The summed E-state index contributed by atoms with van der Waals surface area (Å²) in [5, 5.41) is 7.87. The van der Waals surface area contributed by atoms with E-state index in [0.717, 1.165) is 25.7 Å². The first-order valence-electron chi connectivity index (χ1n) is 11.0. The Kier molecular flexibility index (Phi) is 7.41. The maximum absolute atomic E-state index is 13.0. The van der Waals surface area contributed by atoms with E-state index >= 15 is 0 Å². The number of ether oxygens (including phenoxy) is 3. The molecule has 3 aromatic rings. The molecule has 0 saturated heterocycles. The predicted molar refractivity (Wildman–Crippen MR) is 127 cm³/mol. The Hall–Kier alpha value is -3.47. The van der Waals surface area contributed by atoms with E-state index in [-0.39, 0.29) is 29.0 Å². The van der Waals surface area contributed by atoms with E-state index in [2.05, 4.69) is 24.9 Å². The van der Waals surface area contributed by atoms with Crippen molar-refractivity contribution in [3.63, 3.8) is 0 Å². The zero-order valence-electron chi connectivity index (χ0n) is 19.1. The van der Waals surface area contributed by atoms with Crippen LogP contribution in [-0.4, -0.2) is 48.6 Å². The summed E-state index contributed by atoms with van der Waals surface area (Å²) in [6, 6.07) is 10.3. The fraction of sp³-hybridized carbons (Fsp3) is 0.391. The number of sulfonamides is 1. The summed E-state index contributed by atoms with van der Waals surface area (Å²) in [7, 11) is -0.793. The lowest BCUT2D eigenvalue weighted by Gasteiger charge is -2.17. The highest BCUT2D eigenvalue weighted by molar-refractivity contribution is 7.92. The molecule has 0 spiro atoms. The average molecular weight is 486 g/mol. The molecule has 1 aliphatic carbocycles. The summed E-state index contributed by atoms with van der Waals surface area (Å²) in [6.45, 7) is 0. The van der Waals surface area contributed by atoms with E-state index in [4.69, 9.17) is 14.2 Å². The molecule has 0 unspecified atom stereocenters. The van der Waals surface area contributed by atoms with Gasteiger partial charge in [-0.15, -0.1) is 5.10 Å². The first-order chi connectivity index (χ1) is 16.5. The van der Waals surface area contributed by atoms with E-state index in [0.29, 0.717) is 29.5 Å². The lowest BCUT2D eigenvalue weighted by atomic mass is 10.1. The standard InChI is InChI=1S/C23H27N5O5S/c1-31-18-11-5-6-12-19(18)33-20-22(28-34(29,30)15-13-16-8-3-4-9-16)25-21(26-23(20)32-2)17-10-7-14-24-27-17/h5-7,10-12,14,16H,3-4,8-9,13,15H2,1-2H3,(H,25,26,28). The van der Waals surface area contributed by atoms with Gasteiger partial charge in [-0.05, 0) is 36.6 Å². The van der Waals surface area contributed by atoms with Crippen LogP contribution in [0.25, 0.3) is 11.5 Å². The molecule has 34 heavy (non-hydrogen) atoms. The molecule has 1 aliphatic rings. The first kappa shape index (κ1) is 23.7. The zero-order valence-corrected chi connectivity index (χ0v) is 19.9. The van der Waals surface area contributed by atoms with Crippen molar-refractivity contribution >= 4 is 15.8 Å². The number of nitrogens with zero attached hydrogens (tertiary/aromatic N) is 4. The number of rotatable bonds is 10. The van der Waals surface area contributed by atoms with Crippen LogP contribution in [0.4, 0.5) is 5.82 Å². The Labute approximate surface area is 198 Å². The van der Waals surface area contributed by atoms with Gasteiger partial charge in [0.05, 0.1) is 20.0 Å². The van der Waals surface area contributed by atoms with Crippen molar-refractivity contribution < 1.29 is 22.6 Å². The minimum Gasteiger partial charge on any atom is -0.493 e. The molecular formula is C23H27N5O5S. The molecule has 4 rings (SSSR count). The summed E-state index contributed by atoms with van der Waals surface area (Å²) in [5.41, 5.74) is 0.357. The number of hydrogen-bond donors (Lipinski definition) is 1. The molecule has 0 radical (unpaired) electrons. The lowest BCUT2D eigenvalue weighted by molar-refractivity contribution is 0.348. The number of aromatic nitrogens is 4. The summed E-state index contributed by atoms with van der Waals surface area (Å²) in [4.78, 5) is 8.79. The largest absolute Gasteiger partial charge is 0.493 e. The van der Waals surface area contributed by atoms with Crippen LogP contribution >= 0.6 is 0 Å². The second-order valence-electron chi connectivity index (χ2n) is 7.96. The fourth-order valence-corrected chi connectivity index (χ4v) is 5.08. The molecule has 1 aromatic carbocycles.